The second-order valence-corrected chi connectivity index (χ2v) is 3.90. The smallest absolute Gasteiger partial charge is 0.306 e. The molecule has 0 N–H and O–H groups in total. The molecule has 0 aliphatic heterocycles. The van der Waals surface area contributed by atoms with Crippen LogP contribution in [0.1, 0.15) is 52.9 Å². The summed E-state index contributed by atoms with van der Waals surface area (Å²) in [5, 5.41) is 0. The molecule has 0 aliphatic carbocycles. The number of hydrogen-bond donors (Lipinski definition) is 0. The third-order valence-corrected chi connectivity index (χ3v) is 2.53. The van der Waals surface area contributed by atoms with Gasteiger partial charge >= 0.3 is 5.97 Å². The van der Waals surface area contributed by atoms with Gasteiger partial charge in [0.2, 0.25) is 0 Å². The Hall–Kier alpha value is -0.860. The van der Waals surface area contributed by atoms with Crippen LogP contribution in [0.2, 0.25) is 0 Å². The fourth-order valence-corrected chi connectivity index (χ4v) is 1.21. The highest BCUT2D eigenvalue weighted by atomic mass is 16.5. The third-order valence-electron chi connectivity index (χ3n) is 2.53. The van der Waals surface area contributed by atoms with Crippen molar-refractivity contribution in [1.29, 1.82) is 0 Å². The van der Waals surface area contributed by atoms with Crippen molar-refractivity contribution in [1.82, 2.24) is 0 Å². The lowest BCUT2D eigenvalue weighted by Crippen LogP contribution is -2.08. The molecule has 3 nitrogen and oxygen atoms in total. The molecule has 1 atom stereocenters. The highest BCUT2D eigenvalue weighted by Crippen LogP contribution is 2.11. The lowest BCUT2D eigenvalue weighted by Gasteiger charge is -2.06. The number of hydrogen-bond acceptors (Lipinski definition) is 3. The van der Waals surface area contributed by atoms with Gasteiger partial charge in [0.1, 0.15) is 5.78 Å². The van der Waals surface area contributed by atoms with Crippen molar-refractivity contribution in [3.05, 3.63) is 0 Å². The van der Waals surface area contributed by atoms with Gasteiger partial charge in [0, 0.05) is 12.8 Å². The highest BCUT2D eigenvalue weighted by Gasteiger charge is 2.08. The van der Waals surface area contributed by atoms with Crippen molar-refractivity contribution in [3.63, 3.8) is 0 Å². The summed E-state index contributed by atoms with van der Waals surface area (Å²) in [5.41, 5.74) is 0. The van der Waals surface area contributed by atoms with Crippen LogP contribution in [0.25, 0.3) is 0 Å². The molecule has 3 heteroatoms. The number of Topliss-reactive ketones (excluding diaryl/α,β-unsaturated/α-hetero) is 1. The lowest BCUT2D eigenvalue weighted by molar-refractivity contribution is -0.144. The van der Waals surface area contributed by atoms with Crippen LogP contribution in [0.3, 0.4) is 0 Å². The molecule has 0 bridgehead atoms. The predicted molar refractivity (Wildman–Crippen MR) is 59.6 cm³/mol. The first kappa shape index (κ1) is 14.1. The average Bonchev–Trinajstić information content (AvgIpc) is 2.23. The van der Waals surface area contributed by atoms with E-state index in [0.717, 1.165) is 12.8 Å². The molecular weight excluding hydrogens is 192 g/mol. The van der Waals surface area contributed by atoms with Gasteiger partial charge in [0.05, 0.1) is 13.0 Å². The fourth-order valence-electron chi connectivity index (χ4n) is 1.21. The third kappa shape index (κ3) is 8.16. The molecule has 0 heterocycles. The molecule has 0 aromatic rings. The van der Waals surface area contributed by atoms with Crippen molar-refractivity contribution in [2.24, 2.45) is 5.92 Å². The Morgan fingerprint density at radius 2 is 1.80 bits per heavy atom. The Kier molecular flexibility index (Phi) is 7.96. The highest BCUT2D eigenvalue weighted by molar-refractivity contribution is 5.82. The molecule has 0 aromatic carbocycles. The van der Waals surface area contributed by atoms with E-state index in [0.29, 0.717) is 25.4 Å². The molecule has 0 fully saturated rings. The van der Waals surface area contributed by atoms with Crippen LogP contribution < -0.4 is 0 Å². The summed E-state index contributed by atoms with van der Waals surface area (Å²) in [6.45, 7) is 6.41. The van der Waals surface area contributed by atoms with E-state index >= 15 is 0 Å². The van der Waals surface area contributed by atoms with Gasteiger partial charge in [0.25, 0.3) is 0 Å². The number of carbonyl (C=O) groups is 2. The standard InChI is InChI=1S/C12H22O3/c1-4-10(3)6-7-11(13)8-9-12(14)15-5-2/h10H,4-9H2,1-3H3. The molecule has 0 radical (unpaired) electrons. The maximum absolute atomic E-state index is 11.4. The quantitative estimate of drug-likeness (QED) is 0.583. The van der Waals surface area contributed by atoms with Crippen LogP contribution >= 0.6 is 0 Å². The molecule has 0 aromatic heterocycles. The van der Waals surface area contributed by atoms with E-state index in [4.69, 9.17) is 4.74 Å². The predicted octanol–water partition coefficient (Wildman–Crippen LogP) is 2.73. The second-order valence-electron chi connectivity index (χ2n) is 3.90. The largest absolute Gasteiger partial charge is 0.466 e. The first-order valence-electron chi connectivity index (χ1n) is 5.77. The monoisotopic (exact) mass is 214 g/mol. The van der Waals surface area contributed by atoms with Gasteiger partial charge in [-0.25, -0.2) is 0 Å². The lowest BCUT2D eigenvalue weighted by atomic mass is 10.00. The van der Waals surface area contributed by atoms with Crippen LogP contribution in [0, 0.1) is 5.92 Å². The van der Waals surface area contributed by atoms with E-state index in [1.165, 1.54) is 0 Å². The molecule has 0 rings (SSSR count). The van der Waals surface area contributed by atoms with Crippen LogP contribution in [0.4, 0.5) is 0 Å². The maximum atomic E-state index is 11.4. The van der Waals surface area contributed by atoms with E-state index in [-0.39, 0.29) is 18.2 Å². The van der Waals surface area contributed by atoms with E-state index in [1.807, 2.05) is 0 Å². The summed E-state index contributed by atoms with van der Waals surface area (Å²) in [4.78, 5) is 22.3. The molecule has 0 aliphatic rings. The molecule has 0 saturated carbocycles. The van der Waals surface area contributed by atoms with E-state index in [2.05, 4.69) is 13.8 Å². The number of esters is 1. The molecule has 88 valence electrons. The molecular formula is C12H22O3. The van der Waals surface area contributed by atoms with Crippen LogP contribution in [0.15, 0.2) is 0 Å². The number of carbonyl (C=O) groups excluding carboxylic acids is 2. The van der Waals surface area contributed by atoms with Gasteiger partial charge in [0.15, 0.2) is 0 Å². The first-order valence-corrected chi connectivity index (χ1v) is 5.77. The molecule has 0 amide bonds. The minimum atomic E-state index is -0.269. The zero-order chi connectivity index (χ0) is 11.7. The molecule has 15 heavy (non-hydrogen) atoms. The Balaban J connectivity index is 3.53. The topological polar surface area (TPSA) is 43.4 Å². The molecule has 0 saturated heterocycles. The SMILES string of the molecule is CCOC(=O)CCC(=O)CCC(C)CC. The van der Waals surface area contributed by atoms with Gasteiger partial charge in [-0.3, -0.25) is 9.59 Å². The van der Waals surface area contributed by atoms with Crippen molar-refractivity contribution in [2.45, 2.75) is 52.9 Å². The van der Waals surface area contributed by atoms with Crippen molar-refractivity contribution >= 4 is 11.8 Å². The zero-order valence-electron chi connectivity index (χ0n) is 10.0. The van der Waals surface area contributed by atoms with Gasteiger partial charge in [-0.1, -0.05) is 20.3 Å². The van der Waals surface area contributed by atoms with Crippen LogP contribution in [0.5, 0.6) is 0 Å². The first-order chi connectivity index (χ1) is 7.10. The summed E-state index contributed by atoms with van der Waals surface area (Å²) >= 11 is 0. The molecule has 0 spiro atoms. The van der Waals surface area contributed by atoms with E-state index in [9.17, 15) is 9.59 Å². The van der Waals surface area contributed by atoms with Gasteiger partial charge in [-0.05, 0) is 19.3 Å². The van der Waals surface area contributed by atoms with Crippen molar-refractivity contribution < 1.29 is 14.3 Å². The van der Waals surface area contributed by atoms with E-state index in [1.54, 1.807) is 6.92 Å². The summed E-state index contributed by atoms with van der Waals surface area (Å²) in [6.07, 6.45) is 3.18. The average molecular weight is 214 g/mol. The Labute approximate surface area is 92.2 Å². The number of rotatable bonds is 8. The van der Waals surface area contributed by atoms with Crippen molar-refractivity contribution in [3.8, 4) is 0 Å². The van der Waals surface area contributed by atoms with Gasteiger partial charge in [-0.2, -0.15) is 0 Å². The second kappa shape index (κ2) is 8.45. The summed E-state index contributed by atoms with van der Waals surface area (Å²) in [6, 6.07) is 0. The van der Waals surface area contributed by atoms with E-state index < -0.39 is 0 Å². The normalized spacial score (nSPS) is 12.2. The van der Waals surface area contributed by atoms with Crippen LogP contribution in [-0.4, -0.2) is 18.4 Å². The Morgan fingerprint density at radius 3 is 2.33 bits per heavy atom. The Morgan fingerprint density at radius 1 is 1.13 bits per heavy atom. The summed E-state index contributed by atoms with van der Waals surface area (Å²) in [7, 11) is 0. The van der Waals surface area contributed by atoms with Gasteiger partial charge < -0.3 is 4.74 Å². The van der Waals surface area contributed by atoms with Crippen molar-refractivity contribution in [2.75, 3.05) is 6.61 Å². The fraction of sp³-hybridized carbons (Fsp3) is 0.833. The Bertz CT molecular complexity index is 199. The number of ketones is 1. The zero-order valence-corrected chi connectivity index (χ0v) is 10.0. The maximum Gasteiger partial charge on any atom is 0.306 e. The molecule has 1 unspecified atom stereocenters. The minimum Gasteiger partial charge on any atom is -0.466 e. The summed E-state index contributed by atoms with van der Waals surface area (Å²) < 4.78 is 4.75. The number of ether oxygens (including phenoxy) is 1. The minimum absolute atomic E-state index is 0.170. The van der Waals surface area contributed by atoms with Crippen LogP contribution in [-0.2, 0) is 14.3 Å². The summed E-state index contributed by atoms with van der Waals surface area (Å²) in [5.74, 6) is 0.495. The van der Waals surface area contributed by atoms with Gasteiger partial charge in [-0.15, -0.1) is 0 Å².